The summed E-state index contributed by atoms with van der Waals surface area (Å²) in [5, 5.41) is 9.49. The molecule has 0 aromatic rings. The highest BCUT2D eigenvalue weighted by Gasteiger charge is 2.38. The number of thiocarbonyl (C=S) groups is 1. The summed E-state index contributed by atoms with van der Waals surface area (Å²) in [6, 6.07) is -0.0831. The lowest BCUT2D eigenvalue weighted by Gasteiger charge is -2.46. The van der Waals surface area contributed by atoms with Gasteiger partial charge in [0.15, 0.2) is 5.11 Å². The number of piperazine rings is 1. The molecule has 1 heterocycles. The summed E-state index contributed by atoms with van der Waals surface area (Å²) in [7, 11) is 0. The van der Waals surface area contributed by atoms with Crippen molar-refractivity contribution in [1.29, 1.82) is 0 Å². The van der Waals surface area contributed by atoms with Gasteiger partial charge in [-0.1, -0.05) is 20.8 Å². The van der Waals surface area contributed by atoms with Gasteiger partial charge in [-0.2, -0.15) is 0 Å². The molecule has 5 nitrogen and oxygen atoms in total. The van der Waals surface area contributed by atoms with Crippen LogP contribution in [0.4, 0.5) is 4.79 Å². The first-order chi connectivity index (χ1) is 7.23. The first-order valence-corrected chi connectivity index (χ1v) is 5.68. The summed E-state index contributed by atoms with van der Waals surface area (Å²) in [5.41, 5.74) is 5.46. The summed E-state index contributed by atoms with van der Waals surface area (Å²) < 4.78 is 0. The van der Waals surface area contributed by atoms with Crippen molar-refractivity contribution >= 4 is 23.4 Å². The number of carboxylic acid groups (broad SMARTS) is 1. The second-order valence-corrected chi connectivity index (χ2v) is 5.56. The number of carbonyl (C=O) groups is 1. The van der Waals surface area contributed by atoms with Crippen LogP contribution in [0.1, 0.15) is 20.8 Å². The summed E-state index contributed by atoms with van der Waals surface area (Å²) in [5.74, 6) is 0. The second kappa shape index (κ2) is 4.45. The molecule has 0 spiro atoms. The lowest BCUT2D eigenvalue weighted by molar-refractivity contribution is 0.0428. The molecule has 16 heavy (non-hydrogen) atoms. The van der Waals surface area contributed by atoms with Crippen LogP contribution in [0.5, 0.6) is 0 Å². The molecule has 1 fully saturated rings. The van der Waals surface area contributed by atoms with E-state index in [0.717, 1.165) is 0 Å². The van der Waals surface area contributed by atoms with E-state index in [1.807, 2.05) is 25.7 Å². The van der Waals surface area contributed by atoms with Crippen molar-refractivity contribution < 1.29 is 9.90 Å². The lowest BCUT2D eigenvalue weighted by Crippen LogP contribution is -2.61. The fourth-order valence-corrected chi connectivity index (χ4v) is 2.12. The number of hydrogen-bond acceptors (Lipinski definition) is 2. The Balaban J connectivity index is 2.86. The van der Waals surface area contributed by atoms with Crippen LogP contribution >= 0.6 is 12.2 Å². The zero-order valence-electron chi connectivity index (χ0n) is 9.93. The molecule has 1 unspecified atom stereocenters. The van der Waals surface area contributed by atoms with E-state index in [0.29, 0.717) is 24.7 Å². The van der Waals surface area contributed by atoms with Crippen LogP contribution in [0.15, 0.2) is 0 Å². The molecule has 92 valence electrons. The Morgan fingerprint density at radius 2 is 2.00 bits per heavy atom. The minimum Gasteiger partial charge on any atom is -0.465 e. The monoisotopic (exact) mass is 245 g/mol. The fourth-order valence-electron chi connectivity index (χ4n) is 1.95. The first kappa shape index (κ1) is 13.0. The molecule has 3 N–H and O–H groups in total. The molecular formula is C10H19N3O2S. The Labute approximate surface area is 101 Å². The average Bonchev–Trinajstić information content (AvgIpc) is 2.15. The molecule has 0 aromatic carbocycles. The van der Waals surface area contributed by atoms with Crippen molar-refractivity contribution in [1.82, 2.24) is 9.80 Å². The molecule has 1 saturated heterocycles. The number of nitrogens with zero attached hydrogens (tertiary/aromatic N) is 2. The van der Waals surface area contributed by atoms with Gasteiger partial charge in [-0.05, 0) is 17.6 Å². The first-order valence-electron chi connectivity index (χ1n) is 5.27. The maximum Gasteiger partial charge on any atom is 0.407 e. The Hall–Kier alpha value is -1.04. The van der Waals surface area contributed by atoms with E-state index < -0.39 is 6.09 Å². The highest BCUT2D eigenvalue weighted by atomic mass is 32.1. The molecule has 1 atom stereocenters. The smallest absolute Gasteiger partial charge is 0.407 e. The maximum absolute atomic E-state index is 11.1. The minimum atomic E-state index is -0.873. The summed E-state index contributed by atoms with van der Waals surface area (Å²) in [6.45, 7) is 7.68. The average molecular weight is 245 g/mol. The topological polar surface area (TPSA) is 69.8 Å². The Morgan fingerprint density at radius 1 is 1.44 bits per heavy atom. The van der Waals surface area contributed by atoms with Gasteiger partial charge in [0.2, 0.25) is 0 Å². The third-order valence-corrected chi connectivity index (χ3v) is 3.20. The van der Waals surface area contributed by atoms with Gasteiger partial charge in [-0.15, -0.1) is 0 Å². The minimum absolute atomic E-state index is 0.0831. The Morgan fingerprint density at radius 3 is 2.38 bits per heavy atom. The molecule has 6 heteroatoms. The van der Waals surface area contributed by atoms with Crippen molar-refractivity contribution in [3.05, 3.63) is 0 Å². The number of hydrogen-bond donors (Lipinski definition) is 2. The molecule has 0 bridgehead atoms. The zero-order valence-corrected chi connectivity index (χ0v) is 10.8. The third-order valence-electron chi connectivity index (χ3n) is 2.94. The van der Waals surface area contributed by atoms with E-state index in [9.17, 15) is 4.79 Å². The quantitative estimate of drug-likeness (QED) is 0.622. The van der Waals surface area contributed by atoms with Crippen LogP contribution in [0.2, 0.25) is 0 Å². The molecule has 1 aliphatic rings. The predicted octanol–water partition coefficient (Wildman–Crippen LogP) is 0.940. The molecular weight excluding hydrogens is 226 g/mol. The van der Waals surface area contributed by atoms with Crippen molar-refractivity contribution in [3.8, 4) is 0 Å². The van der Waals surface area contributed by atoms with Gasteiger partial charge in [0.1, 0.15) is 0 Å². The standard InChI is InChI=1S/C10H19N3O2S/c1-10(2,3)7-6-12(8(11)16)4-5-13(7)9(14)15/h7H,4-6H2,1-3H3,(H2,11,16)(H,14,15). The van der Waals surface area contributed by atoms with Gasteiger partial charge in [0.25, 0.3) is 0 Å². The van der Waals surface area contributed by atoms with Gasteiger partial charge >= 0.3 is 6.09 Å². The van der Waals surface area contributed by atoms with E-state index >= 15 is 0 Å². The van der Waals surface area contributed by atoms with Crippen molar-refractivity contribution in [3.63, 3.8) is 0 Å². The van der Waals surface area contributed by atoms with Gasteiger partial charge < -0.3 is 20.6 Å². The fraction of sp³-hybridized carbons (Fsp3) is 0.800. The molecule has 0 aromatic heterocycles. The molecule has 1 rings (SSSR count). The van der Waals surface area contributed by atoms with E-state index in [4.69, 9.17) is 23.1 Å². The van der Waals surface area contributed by atoms with E-state index in [2.05, 4.69) is 0 Å². The van der Waals surface area contributed by atoms with Gasteiger partial charge in [-0.25, -0.2) is 4.79 Å². The summed E-state index contributed by atoms with van der Waals surface area (Å²) in [4.78, 5) is 14.5. The van der Waals surface area contributed by atoms with E-state index in [1.54, 1.807) is 0 Å². The van der Waals surface area contributed by atoms with E-state index in [1.165, 1.54) is 4.90 Å². The van der Waals surface area contributed by atoms with Gasteiger partial charge in [0, 0.05) is 19.6 Å². The van der Waals surface area contributed by atoms with Crippen LogP contribution in [0, 0.1) is 5.41 Å². The largest absolute Gasteiger partial charge is 0.465 e. The number of nitrogens with two attached hydrogens (primary N) is 1. The highest BCUT2D eigenvalue weighted by Crippen LogP contribution is 2.27. The van der Waals surface area contributed by atoms with Gasteiger partial charge in [-0.3, -0.25) is 0 Å². The van der Waals surface area contributed by atoms with Crippen molar-refractivity contribution in [2.45, 2.75) is 26.8 Å². The van der Waals surface area contributed by atoms with Crippen LogP contribution in [-0.4, -0.2) is 51.8 Å². The van der Waals surface area contributed by atoms with Crippen LogP contribution in [-0.2, 0) is 0 Å². The molecule has 1 amide bonds. The maximum atomic E-state index is 11.1. The Kier molecular flexibility index (Phi) is 3.62. The van der Waals surface area contributed by atoms with E-state index in [-0.39, 0.29) is 11.5 Å². The van der Waals surface area contributed by atoms with Crippen molar-refractivity contribution in [2.75, 3.05) is 19.6 Å². The highest BCUT2D eigenvalue weighted by molar-refractivity contribution is 7.80. The van der Waals surface area contributed by atoms with Crippen molar-refractivity contribution in [2.24, 2.45) is 11.1 Å². The number of rotatable bonds is 0. The van der Waals surface area contributed by atoms with Crippen LogP contribution in [0.3, 0.4) is 0 Å². The van der Waals surface area contributed by atoms with Crippen LogP contribution < -0.4 is 5.73 Å². The lowest BCUT2D eigenvalue weighted by atomic mass is 9.84. The van der Waals surface area contributed by atoms with Gasteiger partial charge in [0.05, 0.1) is 6.04 Å². The molecule has 0 saturated carbocycles. The Bertz CT molecular complexity index is 301. The molecule has 0 radical (unpaired) electrons. The normalized spacial score (nSPS) is 22.1. The zero-order chi connectivity index (χ0) is 12.5. The van der Waals surface area contributed by atoms with Crippen LogP contribution in [0.25, 0.3) is 0 Å². The molecule has 0 aliphatic carbocycles. The second-order valence-electron chi connectivity index (χ2n) is 5.14. The predicted molar refractivity (Wildman–Crippen MR) is 66.3 cm³/mol. The summed E-state index contributed by atoms with van der Waals surface area (Å²) in [6.07, 6.45) is -0.873. The SMILES string of the molecule is CC(C)(C)C1CN(C(N)=S)CCN1C(=O)O. The summed E-state index contributed by atoms with van der Waals surface area (Å²) >= 11 is 4.93. The number of amides is 1. The molecule has 1 aliphatic heterocycles. The third kappa shape index (κ3) is 2.75.